The van der Waals surface area contributed by atoms with Gasteiger partial charge in [0.15, 0.2) is 5.16 Å². The molecule has 1 aliphatic carbocycles. The number of rotatable bonds is 9. The van der Waals surface area contributed by atoms with Crippen LogP contribution >= 0.6 is 11.8 Å². The Morgan fingerprint density at radius 3 is 2.79 bits per heavy atom. The monoisotopic (exact) mass is 492 g/mol. The molecule has 1 aromatic heterocycles. The van der Waals surface area contributed by atoms with E-state index in [1.807, 2.05) is 11.5 Å². The van der Waals surface area contributed by atoms with Crippen molar-refractivity contribution in [3.63, 3.8) is 0 Å². The summed E-state index contributed by atoms with van der Waals surface area (Å²) in [6, 6.07) is 5.08. The highest BCUT2D eigenvalue weighted by Gasteiger charge is 2.27. The summed E-state index contributed by atoms with van der Waals surface area (Å²) in [7, 11) is -3.58. The molecule has 0 spiro atoms. The molecule has 33 heavy (non-hydrogen) atoms. The molecule has 1 saturated heterocycles. The van der Waals surface area contributed by atoms with Crippen LogP contribution in [-0.2, 0) is 26.1 Å². The Balaban J connectivity index is 1.41. The molecule has 4 rings (SSSR count). The van der Waals surface area contributed by atoms with Gasteiger partial charge in [-0.15, -0.1) is 0 Å². The molecular formula is C23H32N4O4S2. The lowest BCUT2D eigenvalue weighted by Crippen LogP contribution is -2.40. The van der Waals surface area contributed by atoms with Crippen molar-refractivity contribution in [1.29, 1.82) is 0 Å². The molecular weight excluding hydrogens is 460 g/mol. The summed E-state index contributed by atoms with van der Waals surface area (Å²) < 4.78 is 34.7. The second-order valence-corrected chi connectivity index (χ2v) is 11.2. The van der Waals surface area contributed by atoms with Crippen LogP contribution in [-0.4, -0.2) is 66.8 Å². The summed E-state index contributed by atoms with van der Waals surface area (Å²) in [4.78, 5) is 17.2. The Hall–Kier alpha value is -1.88. The molecule has 8 nitrogen and oxygen atoms in total. The molecule has 2 heterocycles. The van der Waals surface area contributed by atoms with Crippen LogP contribution in [0, 0.1) is 0 Å². The number of aromatic nitrogens is 2. The van der Waals surface area contributed by atoms with E-state index in [2.05, 4.69) is 16.4 Å². The predicted octanol–water partition coefficient (Wildman–Crippen LogP) is 3.18. The molecule has 1 fully saturated rings. The number of nitrogens with zero attached hydrogens (tertiary/aromatic N) is 3. The molecule has 0 radical (unpaired) electrons. The van der Waals surface area contributed by atoms with Gasteiger partial charge < -0.3 is 14.6 Å². The van der Waals surface area contributed by atoms with Crippen molar-refractivity contribution in [2.24, 2.45) is 0 Å². The second-order valence-electron chi connectivity index (χ2n) is 8.30. The fourth-order valence-electron chi connectivity index (χ4n) is 4.28. The van der Waals surface area contributed by atoms with Crippen molar-refractivity contribution in [2.45, 2.75) is 55.6 Å². The van der Waals surface area contributed by atoms with Crippen LogP contribution in [0.2, 0.25) is 0 Å². The predicted molar refractivity (Wildman–Crippen MR) is 130 cm³/mol. The number of nitrogens with one attached hydrogen (secondary N) is 1. The SMILES string of the molecule is CCn1c(SCC(=O)NCCC2=CCCCC2)nc2cc(S(=O)(=O)N3CCOCC3)ccc21. The number of benzene rings is 1. The maximum Gasteiger partial charge on any atom is 0.243 e. The first-order valence-corrected chi connectivity index (χ1v) is 14.1. The quantitative estimate of drug-likeness (QED) is 0.427. The number of amides is 1. The van der Waals surface area contributed by atoms with Crippen LogP contribution < -0.4 is 5.32 Å². The normalized spacial score (nSPS) is 17.8. The van der Waals surface area contributed by atoms with Gasteiger partial charge in [-0.3, -0.25) is 4.79 Å². The van der Waals surface area contributed by atoms with Crippen molar-refractivity contribution < 1.29 is 17.9 Å². The molecule has 0 saturated carbocycles. The van der Waals surface area contributed by atoms with E-state index in [0.29, 0.717) is 44.9 Å². The van der Waals surface area contributed by atoms with Crippen molar-refractivity contribution in [3.8, 4) is 0 Å². The number of ether oxygens (including phenoxy) is 1. The van der Waals surface area contributed by atoms with Crippen LogP contribution in [0.3, 0.4) is 0 Å². The highest BCUT2D eigenvalue weighted by atomic mass is 32.2. The smallest absolute Gasteiger partial charge is 0.243 e. The third-order valence-corrected chi connectivity index (χ3v) is 8.97. The maximum absolute atomic E-state index is 13.0. The lowest BCUT2D eigenvalue weighted by atomic mass is 9.97. The first-order chi connectivity index (χ1) is 16.0. The standard InChI is InChI=1S/C23H32N4O4S2/c1-2-27-21-9-8-19(33(29,30)26-12-14-31-15-13-26)16-20(21)25-23(27)32-17-22(28)24-11-10-18-6-4-3-5-7-18/h6,8-9,16H,2-5,7,10-15,17H2,1H3,(H,24,28). The number of aryl methyl sites for hydroxylation is 1. The van der Waals surface area contributed by atoms with Gasteiger partial charge in [-0.05, 0) is 57.2 Å². The first kappa shape index (κ1) is 24.3. The average molecular weight is 493 g/mol. The lowest BCUT2D eigenvalue weighted by molar-refractivity contribution is -0.118. The van der Waals surface area contributed by atoms with Gasteiger partial charge in [0, 0.05) is 26.2 Å². The summed E-state index contributed by atoms with van der Waals surface area (Å²) in [6.07, 6.45) is 8.05. The van der Waals surface area contributed by atoms with E-state index in [0.717, 1.165) is 29.9 Å². The fourth-order valence-corrected chi connectivity index (χ4v) is 6.61. The minimum Gasteiger partial charge on any atom is -0.379 e. The summed E-state index contributed by atoms with van der Waals surface area (Å²) >= 11 is 1.38. The number of hydrogen-bond donors (Lipinski definition) is 1. The van der Waals surface area contributed by atoms with E-state index < -0.39 is 10.0 Å². The minimum atomic E-state index is -3.58. The number of carbonyl (C=O) groups excluding carboxylic acids is 1. The first-order valence-electron chi connectivity index (χ1n) is 11.6. The van der Waals surface area contributed by atoms with Crippen LogP contribution in [0.1, 0.15) is 39.0 Å². The number of carbonyl (C=O) groups is 1. The molecule has 2 aromatic rings. The van der Waals surface area contributed by atoms with Gasteiger partial charge in [0.05, 0.1) is 34.9 Å². The van der Waals surface area contributed by atoms with Crippen LogP contribution in [0.5, 0.6) is 0 Å². The molecule has 0 atom stereocenters. The molecule has 1 amide bonds. The van der Waals surface area contributed by atoms with Crippen molar-refractivity contribution >= 4 is 38.7 Å². The Morgan fingerprint density at radius 1 is 1.24 bits per heavy atom. The van der Waals surface area contributed by atoms with E-state index >= 15 is 0 Å². The number of sulfonamides is 1. The Bertz CT molecular complexity index is 1120. The van der Waals surface area contributed by atoms with Gasteiger partial charge in [0.1, 0.15) is 0 Å². The highest BCUT2D eigenvalue weighted by Crippen LogP contribution is 2.27. The minimum absolute atomic E-state index is 0.0123. The highest BCUT2D eigenvalue weighted by molar-refractivity contribution is 7.99. The van der Waals surface area contributed by atoms with Crippen LogP contribution in [0.25, 0.3) is 11.0 Å². The summed E-state index contributed by atoms with van der Waals surface area (Å²) in [5.41, 5.74) is 2.94. The number of allylic oxidation sites excluding steroid dienone is 1. The van der Waals surface area contributed by atoms with Crippen LogP contribution in [0.15, 0.2) is 39.9 Å². The Kier molecular flexibility index (Phi) is 8.11. The number of fused-ring (bicyclic) bond motifs is 1. The largest absolute Gasteiger partial charge is 0.379 e. The molecule has 0 bridgehead atoms. The Labute approximate surface area is 199 Å². The van der Waals surface area contributed by atoms with E-state index in [9.17, 15) is 13.2 Å². The zero-order valence-electron chi connectivity index (χ0n) is 19.1. The molecule has 1 aliphatic heterocycles. The maximum atomic E-state index is 13.0. The molecule has 2 aliphatic rings. The van der Waals surface area contributed by atoms with Gasteiger partial charge in [-0.25, -0.2) is 13.4 Å². The van der Waals surface area contributed by atoms with Gasteiger partial charge in [-0.2, -0.15) is 4.31 Å². The van der Waals surface area contributed by atoms with Gasteiger partial charge in [-0.1, -0.05) is 23.4 Å². The number of morpholine rings is 1. The zero-order valence-corrected chi connectivity index (χ0v) is 20.7. The third-order valence-electron chi connectivity index (χ3n) is 6.09. The van der Waals surface area contributed by atoms with E-state index in [1.54, 1.807) is 18.2 Å². The Morgan fingerprint density at radius 2 is 2.06 bits per heavy atom. The van der Waals surface area contributed by atoms with Gasteiger partial charge in [0.25, 0.3) is 0 Å². The van der Waals surface area contributed by atoms with E-state index in [1.165, 1.54) is 34.5 Å². The topological polar surface area (TPSA) is 93.5 Å². The van der Waals surface area contributed by atoms with Crippen molar-refractivity contribution in [3.05, 3.63) is 29.8 Å². The van der Waals surface area contributed by atoms with Crippen molar-refractivity contribution in [1.82, 2.24) is 19.2 Å². The zero-order chi connectivity index (χ0) is 23.3. The molecule has 0 unspecified atom stereocenters. The van der Waals surface area contributed by atoms with Crippen LogP contribution in [0.4, 0.5) is 0 Å². The third kappa shape index (κ3) is 5.79. The fraction of sp³-hybridized carbons (Fsp3) is 0.565. The molecule has 10 heteroatoms. The summed E-state index contributed by atoms with van der Waals surface area (Å²) in [5, 5.41) is 3.73. The molecule has 180 valence electrons. The number of hydrogen-bond acceptors (Lipinski definition) is 6. The summed E-state index contributed by atoms with van der Waals surface area (Å²) in [5.74, 6) is 0.267. The average Bonchev–Trinajstić information content (AvgIpc) is 3.20. The number of imidazole rings is 1. The second kappa shape index (κ2) is 11.0. The molecule has 1 N–H and O–H groups in total. The lowest BCUT2D eigenvalue weighted by Gasteiger charge is -2.26. The van der Waals surface area contributed by atoms with Crippen molar-refractivity contribution in [2.75, 3.05) is 38.6 Å². The molecule has 1 aromatic carbocycles. The van der Waals surface area contributed by atoms with E-state index in [-0.39, 0.29) is 16.6 Å². The van der Waals surface area contributed by atoms with E-state index in [4.69, 9.17) is 4.74 Å². The van der Waals surface area contributed by atoms with Gasteiger partial charge in [0.2, 0.25) is 15.9 Å². The van der Waals surface area contributed by atoms with Gasteiger partial charge >= 0.3 is 0 Å². The summed E-state index contributed by atoms with van der Waals surface area (Å²) in [6.45, 7) is 4.90. The number of thioether (sulfide) groups is 1.